The molecule has 2 aliphatic rings. The molecule has 2 fully saturated rings. The number of thioether (sulfide) groups is 1. The van der Waals surface area contributed by atoms with Gasteiger partial charge >= 0.3 is 0 Å². The van der Waals surface area contributed by atoms with Crippen LogP contribution in [-0.4, -0.2) is 76.5 Å². The van der Waals surface area contributed by atoms with Gasteiger partial charge in [-0.05, 0) is 30.5 Å². The summed E-state index contributed by atoms with van der Waals surface area (Å²) in [5.41, 5.74) is 1.64. The van der Waals surface area contributed by atoms with Crippen LogP contribution < -0.4 is 0 Å². The highest BCUT2D eigenvalue weighted by Gasteiger charge is 2.41. The maximum atomic E-state index is 13.1. The molecule has 174 valence electrons. The third-order valence-electron chi connectivity index (χ3n) is 6.20. The predicted molar refractivity (Wildman–Crippen MR) is 130 cm³/mol. The van der Waals surface area contributed by atoms with Crippen LogP contribution in [0.25, 0.3) is 0 Å². The molecule has 1 N–H and O–H groups in total. The number of carbonyl (C=O) groups is 1. The Morgan fingerprint density at radius 3 is 2.84 bits per heavy atom. The Bertz CT molecular complexity index is 909. The average Bonchev–Trinajstić information content (AvgIpc) is 3.30. The number of hydrogen-bond donors (Lipinski definition) is 1. The van der Waals surface area contributed by atoms with Crippen LogP contribution in [0.4, 0.5) is 0 Å². The van der Waals surface area contributed by atoms with Gasteiger partial charge in [-0.1, -0.05) is 26.0 Å². The number of morpholine rings is 1. The van der Waals surface area contributed by atoms with Gasteiger partial charge in [0.25, 0.3) is 5.91 Å². The molecule has 1 amide bonds. The lowest BCUT2D eigenvalue weighted by atomic mass is 9.89. The van der Waals surface area contributed by atoms with Gasteiger partial charge in [0.05, 0.1) is 30.4 Å². The van der Waals surface area contributed by atoms with Crippen molar-refractivity contribution in [1.29, 1.82) is 0 Å². The summed E-state index contributed by atoms with van der Waals surface area (Å²) in [6.45, 7) is 9.14. The molecule has 0 bridgehead atoms. The number of nitrogens with zero attached hydrogens (tertiary/aromatic N) is 3. The van der Waals surface area contributed by atoms with Crippen LogP contribution in [0, 0.1) is 0 Å². The average molecular weight is 476 g/mol. The Balaban J connectivity index is 1.33. The Labute approximate surface area is 199 Å². The first-order valence-corrected chi connectivity index (χ1v) is 13.3. The van der Waals surface area contributed by atoms with E-state index in [1.165, 1.54) is 10.5 Å². The number of benzene rings is 1. The molecule has 2 aromatic rings. The number of aromatic nitrogens is 1. The highest BCUT2D eigenvalue weighted by Crippen LogP contribution is 2.32. The van der Waals surface area contributed by atoms with Gasteiger partial charge < -0.3 is 14.7 Å². The number of aliphatic hydroxyl groups is 1. The third-order valence-corrected chi connectivity index (χ3v) is 8.32. The van der Waals surface area contributed by atoms with Crippen molar-refractivity contribution in [2.24, 2.45) is 0 Å². The van der Waals surface area contributed by atoms with Crippen molar-refractivity contribution in [3.8, 4) is 0 Å². The summed E-state index contributed by atoms with van der Waals surface area (Å²) in [6.07, 6.45) is 1.87. The summed E-state index contributed by atoms with van der Waals surface area (Å²) in [6, 6.07) is 8.59. The molecule has 0 aliphatic carbocycles. The zero-order valence-corrected chi connectivity index (χ0v) is 20.6. The fourth-order valence-corrected chi connectivity index (χ4v) is 5.95. The van der Waals surface area contributed by atoms with Gasteiger partial charge in [0, 0.05) is 48.1 Å². The molecule has 32 heavy (non-hydrogen) atoms. The Kier molecular flexibility index (Phi) is 7.89. The zero-order chi connectivity index (χ0) is 22.6. The molecule has 8 heteroatoms. The molecule has 3 heterocycles. The number of amides is 1. The van der Waals surface area contributed by atoms with Crippen molar-refractivity contribution in [3.63, 3.8) is 0 Å². The number of aliphatic hydroxyl groups excluding tert-OH is 1. The Hall–Kier alpha value is -1.45. The van der Waals surface area contributed by atoms with Gasteiger partial charge in [0.15, 0.2) is 0 Å². The standard InChI is InChI=1S/C24H33N3O3S2/c1-18(2)22-25-21(16-32-22)23(29)27-10-12-30-24(17-27)6-8-26(9-7-24)15-19-4-3-5-20(14-19)31-13-11-28/h3-5,14,16,18,28H,6-13,15,17H2,1-2H3. The number of hydrogen-bond acceptors (Lipinski definition) is 7. The summed E-state index contributed by atoms with van der Waals surface area (Å²) < 4.78 is 6.26. The van der Waals surface area contributed by atoms with Crippen molar-refractivity contribution >= 4 is 29.0 Å². The van der Waals surface area contributed by atoms with Crippen LogP contribution in [0.2, 0.25) is 0 Å². The second-order valence-electron chi connectivity index (χ2n) is 8.98. The third kappa shape index (κ3) is 5.72. The van der Waals surface area contributed by atoms with Crippen molar-refractivity contribution in [3.05, 3.63) is 45.9 Å². The van der Waals surface area contributed by atoms with E-state index in [1.54, 1.807) is 23.1 Å². The summed E-state index contributed by atoms with van der Waals surface area (Å²) in [7, 11) is 0. The minimum atomic E-state index is -0.236. The molecular weight excluding hydrogens is 442 g/mol. The van der Waals surface area contributed by atoms with Crippen LogP contribution in [-0.2, 0) is 11.3 Å². The number of rotatable bonds is 7. The number of carbonyl (C=O) groups excluding carboxylic acids is 1. The van der Waals surface area contributed by atoms with Crippen molar-refractivity contribution < 1.29 is 14.6 Å². The van der Waals surface area contributed by atoms with E-state index in [-0.39, 0.29) is 18.1 Å². The van der Waals surface area contributed by atoms with Crippen LogP contribution in [0.3, 0.4) is 0 Å². The van der Waals surface area contributed by atoms with Gasteiger partial charge in [-0.25, -0.2) is 4.98 Å². The SMILES string of the molecule is CC(C)c1nc(C(=O)N2CCOC3(CCN(Cc4cccc(SCCO)c4)CC3)C2)cs1. The first kappa shape index (κ1) is 23.7. The molecule has 2 saturated heterocycles. The minimum Gasteiger partial charge on any atom is -0.396 e. The smallest absolute Gasteiger partial charge is 0.273 e. The highest BCUT2D eigenvalue weighted by molar-refractivity contribution is 7.99. The van der Waals surface area contributed by atoms with E-state index < -0.39 is 0 Å². The molecule has 2 aliphatic heterocycles. The molecule has 1 aromatic carbocycles. The molecule has 0 radical (unpaired) electrons. The second kappa shape index (κ2) is 10.7. The lowest BCUT2D eigenvalue weighted by Crippen LogP contribution is -2.58. The van der Waals surface area contributed by atoms with E-state index >= 15 is 0 Å². The molecule has 1 spiro atoms. The van der Waals surface area contributed by atoms with Gasteiger partial charge in [0.2, 0.25) is 0 Å². The first-order chi connectivity index (χ1) is 15.5. The normalized spacial score (nSPS) is 19.1. The molecule has 0 unspecified atom stereocenters. The Morgan fingerprint density at radius 1 is 1.31 bits per heavy atom. The molecule has 0 saturated carbocycles. The van der Waals surface area contributed by atoms with Crippen molar-refractivity contribution in [2.75, 3.05) is 45.1 Å². The fraction of sp³-hybridized carbons (Fsp3) is 0.583. The maximum absolute atomic E-state index is 13.1. The largest absolute Gasteiger partial charge is 0.396 e. The molecule has 4 rings (SSSR count). The Morgan fingerprint density at radius 2 is 2.12 bits per heavy atom. The number of thiazole rings is 1. The summed E-state index contributed by atoms with van der Waals surface area (Å²) in [5, 5.41) is 12.0. The lowest BCUT2D eigenvalue weighted by molar-refractivity contribution is -0.128. The predicted octanol–water partition coefficient (Wildman–Crippen LogP) is 3.86. The number of ether oxygens (including phenoxy) is 1. The molecule has 1 aromatic heterocycles. The summed E-state index contributed by atoms with van der Waals surface area (Å²) >= 11 is 3.26. The van der Waals surface area contributed by atoms with Crippen molar-refractivity contribution in [1.82, 2.24) is 14.8 Å². The van der Waals surface area contributed by atoms with Crippen LogP contribution in [0.1, 0.15) is 53.7 Å². The van der Waals surface area contributed by atoms with Crippen LogP contribution in [0.5, 0.6) is 0 Å². The van der Waals surface area contributed by atoms with E-state index in [9.17, 15) is 4.79 Å². The van der Waals surface area contributed by atoms with E-state index in [0.717, 1.165) is 43.2 Å². The zero-order valence-electron chi connectivity index (χ0n) is 19.0. The van der Waals surface area contributed by atoms with Crippen LogP contribution in [0.15, 0.2) is 34.5 Å². The summed E-state index contributed by atoms with van der Waals surface area (Å²) in [5.74, 6) is 1.10. The summed E-state index contributed by atoms with van der Waals surface area (Å²) in [4.78, 5) is 23.2. The molecular formula is C24H33N3O3S2. The van der Waals surface area contributed by atoms with E-state index in [2.05, 4.69) is 48.0 Å². The van der Waals surface area contributed by atoms with Gasteiger partial charge in [-0.2, -0.15) is 0 Å². The van der Waals surface area contributed by atoms with Gasteiger partial charge in [-0.15, -0.1) is 23.1 Å². The maximum Gasteiger partial charge on any atom is 0.273 e. The monoisotopic (exact) mass is 475 g/mol. The van der Waals surface area contributed by atoms with Crippen LogP contribution >= 0.6 is 23.1 Å². The van der Waals surface area contributed by atoms with E-state index in [0.29, 0.717) is 31.3 Å². The highest BCUT2D eigenvalue weighted by atomic mass is 32.2. The molecule has 6 nitrogen and oxygen atoms in total. The van der Waals surface area contributed by atoms with Gasteiger partial charge in [0.1, 0.15) is 5.69 Å². The molecule has 0 atom stereocenters. The van der Waals surface area contributed by atoms with Gasteiger partial charge in [-0.3, -0.25) is 9.69 Å². The first-order valence-electron chi connectivity index (χ1n) is 11.4. The number of likely N-dealkylation sites (tertiary alicyclic amines) is 1. The number of piperidine rings is 1. The lowest BCUT2D eigenvalue weighted by Gasteiger charge is -2.47. The quantitative estimate of drug-likeness (QED) is 0.614. The minimum absolute atomic E-state index is 0.0375. The van der Waals surface area contributed by atoms with Crippen molar-refractivity contribution in [2.45, 2.75) is 49.6 Å². The van der Waals surface area contributed by atoms with E-state index in [1.807, 2.05) is 10.3 Å². The second-order valence-corrected chi connectivity index (χ2v) is 11.0. The topological polar surface area (TPSA) is 65.9 Å². The fourth-order valence-electron chi connectivity index (χ4n) is 4.41. The van der Waals surface area contributed by atoms with E-state index in [4.69, 9.17) is 9.84 Å².